The molecule has 4 aromatic rings. The fourth-order valence-corrected chi connectivity index (χ4v) is 3.33. The van der Waals surface area contributed by atoms with Crippen LogP contribution < -0.4 is 10.1 Å². The van der Waals surface area contributed by atoms with E-state index in [4.69, 9.17) is 4.74 Å². The molecule has 0 radical (unpaired) electrons. The first-order valence-electron chi connectivity index (χ1n) is 9.94. The van der Waals surface area contributed by atoms with Gasteiger partial charge in [-0.3, -0.25) is 9.78 Å². The van der Waals surface area contributed by atoms with Crippen molar-refractivity contribution in [1.82, 2.24) is 19.9 Å². The van der Waals surface area contributed by atoms with Crippen molar-refractivity contribution in [3.63, 3.8) is 0 Å². The van der Waals surface area contributed by atoms with Crippen molar-refractivity contribution in [3.05, 3.63) is 67.1 Å². The number of hydrogen-bond acceptors (Lipinski definition) is 4. The lowest BCUT2D eigenvalue weighted by Crippen LogP contribution is -2.25. The Morgan fingerprint density at radius 3 is 2.79 bits per heavy atom. The van der Waals surface area contributed by atoms with Gasteiger partial charge in [0.05, 0.1) is 12.1 Å². The van der Waals surface area contributed by atoms with Gasteiger partial charge in [-0.05, 0) is 55.3 Å². The van der Waals surface area contributed by atoms with Crippen molar-refractivity contribution in [2.45, 2.75) is 25.8 Å². The average molecular weight is 388 g/mol. The van der Waals surface area contributed by atoms with Crippen LogP contribution >= 0.6 is 0 Å². The van der Waals surface area contributed by atoms with Gasteiger partial charge in [0.25, 0.3) is 0 Å². The second-order valence-corrected chi connectivity index (χ2v) is 6.94. The Hall–Kier alpha value is -3.41. The molecule has 3 heterocycles. The maximum atomic E-state index is 12.0. The number of carbonyl (C=O) groups is 1. The van der Waals surface area contributed by atoms with Crippen molar-refractivity contribution < 1.29 is 9.53 Å². The summed E-state index contributed by atoms with van der Waals surface area (Å²) in [4.78, 5) is 20.7. The summed E-state index contributed by atoms with van der Waals surface area (Å²) in [6.45, 7) is 2.00. The third-order valence-electron chi connectivity index (χ3n) is 4.81. The van der Waals surface area contributed by atoms with Crippen LogP contribution in [0.4, 0.5) is 0 Å². The number of carbonyl (C=O) groups excluding carboxylic acids is 1. The Bertz CT molecular complexity index is 1110. The Morgan fingerprint density at radius 2 is 1.86 bits per heavy atom. The number of benzene rings is 1. The third kappa shape index (κ3) is 4.90. The molecular weight excluding hydrogens is 364 g/mol. The topological polar surface area (TPSA) is 69.0 Å². The van der Waals surface area contributed by atoms with Crippen molar-refractivity contribution in [3.8, 4) is 5.75 Å². The highest BCUT2D eigenvalue weighted by Crippen LogP contribution is 2.19. The standard InChI is InChI=1S/C23H24N4O2/c28-22(25-13-4-14-27-15-10-18-5-1-12-26-23(18)27)7-3-16-29-20-8-9-21-19(17-20)6-2-11-24-21/h1-2,5-6,8-12,15,17H,3-4,7,13-14,16H2,(H,25,28). The number of aryl methyl sites for hydroxylation is 1. The fourth-order valence-electron chi connectivity index (χ4n) is 3.33. The van der Waals surface area contributed by atoms with E-state index in [0.29, 0.717) is 26.0 Å². The van der Waals surface area contributed by atoms with Crippen LogP contribution in [0.15, 0.2) is 67.1 Å². The lowest BCUT2D eigenvalue weighted by molar-refractivity contribution is -0.121. The van der Waals surface area contributed by atoms with Crippen molar-refractivity contribution in [2.75, 3.05) is 13.2 Å². The molecule has 148 valence electrons. The van der Waals surface area contributed by atoms with Crippen LogP contribution in [0, 0.1) is 0 Å². The second-order valence-electron chi connectivity index (χ2n) is 6.94. The van der Waals surface area contributed by atoms with Gasteiger partial charge in [-0.25, -0.2) is 4.98 Å². The van der Waals surface area contributed by atoms with Crippen molar-refractivity contribution in [2.24, 2.45) is 0 Å². The van der Waals surface area contributed by atoms with E-state index in [-0.39, 0.29) is 5.91 Å². The predicted molar refractivity (Wildman–Crippen MR) is 114 cm³/mol. The quantitative estimate of drug-likeness (QED) is 0.441. The lowest BCUT2D eigenvalue weighted by atomic mass is 10.2. The summed E-state index contributed by atoms with van der Waals surface area (Å²) in [6, 6.07) is 15.8. The molecule has 1 amide bonds. The predicted octanol–water partition coefficient (Wildman–Crippen LogP) is 3.95. The smallest absolute Gasteiger partial charge is 0.220 e. The number of amides is 1. The molecule has 1 N–H and O–H groups in total. The van der Waals surface area contributed by atoms with Gasteiger partial charge in [-0.1, -0.05) is 6.07 Å². The van der Waals surface area contributed by atoms with Crippen molar-refractivity contribution >= 4 is 27.8 Å². The number of nitrogens with zero attached hydrogens (tertiary/aromatic N) is 3. The van der Waals surface area contributed by atoms with E-state index < -0.39 is 0 Å². The molecule has 0 saturated carbocycles. The van der Waals surface area contributed by atoms with E-state index in [0.717, 1.165) is 40.7 Å². The molecule has 0 saturated heterocycles. The zero-order valence-corrected chi connectivity index (χ0v) is 16.3. The Balaban J connectivity index is 1.13. The third-order valence-corrected chi connectivity index (χ3v) is 4.81. The molecule has 0 spiro atoms. The van der Waals surface area contributed by atoms with Gasteiger partial charge in [0.15, 0.2) is 0 Å². The highest BCUT2D eigenvalue weighted by molar-refractivity contribution is 5.79. The molecule has 0 fully saturated rings. The number of pyridine rings is 2. The summed E-state index contributed by atoms with van der Waals surface area (Å²) in [6.07, 6.45) is 7.64. The average Bonchev–Trinajstić information content (AvgIpc) is 3.17. The first-order chi connectivity index (χ1) is 14.3. The molecule has 6 heteroatoms. The van der Waals surface area contributed by atoms with E-state index in [1.807, 2.05) is 42.6 Å². The van der Waals surface area contributed by atoms with E-state index in [1.54, 1.807) is 12.4 Å². The van der Waals surface area contributed by atoms with E-state index in [1.165, 1.54) is 0 Å². The molecule has 0 atom stereocenters. The van der Waals surface area contributed by atoms with Gasteiger partial charge in [-0.2, -0.15) is 0 Å². The number of rotatable bonds is 9. The molecule has 0 aliphatic carbocycles. The summed E-state index contributed by atoms with van der Waals surface area (Å²) >= 11 is 0. The van der Waals surface area contributed by atoms with Gasteiger partial charge in [0, 0.05) is 48.9 Å². The minimum absolute atomic E-state index is 0.0619. The SMILES string of the molecule is O=C(CCCOc1ccc2ncccc2c1)NCCCn1ccc2cccnc21. The monoisotopic (exact) mass is 388 g/mol. The molecule has 3 aromatic heterocycles. The van der Waals surface area contributed by atoms with Gasteiger partial charge in [-0.15, -0.1) is 0 Å². The zero-order chi connectivity index (χ0) is 19.9. The van der Waals surface area contributed by atoms with Crippen LogP contribution in [0.3, 0.4) is 0 Å². The molecule has 6 nitrogen and oxygen atoms in total. The minimum atomic E-state index is 0.0619. The molecule has 0 bridgehead atoms. The first-order valence-corrected chi connectivity index (χ1v) is 9.94. The van der Waals surface area contributed by atoms with Gasteiger partial charge in [0.1, 0.15) is 11.4 Å². The number of fused-ring (bicyclic) bond motifs is 2. The number of nitrogens with one attached hydrogen (secondary N) is 1. The van der Waals surface area contributed by atoms with Gasteiger partial charge in [0.2, 0.25) is 5.91 Å². The summed E-state index contributed by atoms with van der Waals surface area (Å²) in [5, 5.41) is 5.17. The largest absolute Gasteiger partial charge is 0.494 e. The second kappa shape index (κ2) is 9.19. The van der Waals surface area contributed by atoms with Crippen LogP contribution in [-0.2, 0) is 11.3 Å². The normalized spacial score (nSPS) is 11.0. The maximum Gasteiger partial charge on any atom is 0.220 e. The van der Waals surface area contributed by atoms with Crippen LogP contribution in [0.1, 0.15) is 19.3 Å². The highest BCUT2D eigenvalue weighted by atomic mass is 16.5. The van der Waals surface area contributed by atoms with E-state index in [2.05, 4.69) is 32.0 Å². The van der Waals surface area contributed by atoms with Crippen LogP contribution in [0.25, 0.3) is 21.9 Å². The van der Waals surface area contributed by atoms with Gasteiger partial charge >= 0.3 is 0 Å². The number of aromatic nitrogens is 3. The van der Waals surface area contributed by atoms with Crippen LogP contribution in [-0.4, -0.2) is 33.6 Å². The first kappa shape index (κ1) is 18.9. The minimum Gasteiger partial charge on any atom is -0.494 e. The molecule has 0 unspecified atom stereocenters. The molecule has 29 heavy (non-hydrogen) atoms. The number of ether oxygens (including phenoxy) is 1. The lowest BCUT2D eigenvalue weighted by Gasteiger charge is -2.08. The summed E-state index contributed by atoms with van der Waals surface area (Å²) in [5.74, 6) is 0.866. The summed E-state index contributed by atoms with van der Waals surface area (Å²) < 4.78 is 7.88. The molecule has 1 aromatic carbocycles. The van der Waals surface area contributed by atoms with E-state index >= 15 is 0 Å². The molecule has 0 aliphatic rings. The Labute approximate surface area is 169 Å². The maximum absolute atomic E-state index is 12.0. The summed E-state index contributed by atoms with van der Waals surface area (Å²) in [5.41, 5.74) is 1.93. The van der Waals surface area contributed by atoms with Crippen LogP contribution in [0.5, 0.6) is 5.75 Å². The fraction of sp³-hybridized carbons (Fsp3) is 0.261. The zero-order valence-electron chi connectivity index (χ0n) is 16.3. The van der Waals surface area contributed by atoms with Crippen molar-refractivity contribution in [1.29, 1.82) is 0 Å². The Kier molecular flexibility index (Phi) is 6.00. The van der Waals surface area contributed by atoms with Crippen LogP contribution in [0.2, 0.25) is 0 Å². The molecular formula is C23H24N4O2. The van der Waals surface area contributed by atoms with Gasteiger partial charge < -0.3 is 14.6 Å². The highest BCUT2D eigenvalue weighted by Gasteiger charge is 2.04. The summed E-state index contributed by atoms with van der Waals surface area (Å²) in [7, 11) is 0. The molecule has 0 aliphatic heterocycles. The molecule has 4 rings (SSSR count). The Morgan fingerprint density at radius 1 is 1.00 bits per heavy atom. The van der Waals surface area contributed by atoms with E-state index in [9.17, 15) is 4.79 Å². The number of hydrogen-bond donors (Lipinski definition) is 1.